The Morgan fingerprint density at radius 2 is 1.54 bits per heavy atom. The Hall–Kier alpha value is -6.05. The molecule has 4 aromatic carbocycles. The SMILES string of the molecule is CCCc1nc2c(C)cc(-c3nc4ccccc4n3C)cc2n1Cc1ccc(-c2ccccc2C(=O)OC(C)OC(=O)O[C@@H]2CO[C@H]3[C@@H]2OC[C@H]3OC(C)=O)cc1. The van der Waals surface area contributed by atoms with Crippen LogP contribution < -0.4 is 0 Å². The minimum absolute atomic E-state index is 0.0472. The lowest BCUT2D eigenvalue weighted by molar-refractivity contribution is -0.151. The molecule has 0 radical (unpaired) electrons. The van der Waals surface area contributed by atoms with Gasteiger partial charge in [0.05, 0.1) is 40.8 Å². The number of ether oxygens (including phenoxy) is 6. The van der Waals surface area contributed by atoms with Gasteiger partial charge < -0.3 is 37.6 Å². The predicted octanol–water partition coefficient (Wildman–Crippen LogP) is 7.32. The normalized spacial score (nSPS) is 19.4. The highest BCUT2D eigenvalue weighted by Crippen LogP contribution is 2.33. The molecule has 2 fully saturated rings. The number of imidazole rings is 2. The van der Waals surface area contributed by atoms with Crippen molar-refractivity contribution in [3.8, 4) is 22.5 Å². The van der Waals surface area contributed by atoms with E-state index in [9.17, 15) is 14.4 Å². The minimum Gasteiger partial charge on any atom is -0.457 e. The smallest absolute Gasteiger partial charge is 0.457 e. The largest absolute Gasteiger partial charge is 0.511 e. The first-order valence-corrected chi connectivity index (χ1v) is 19.2. The lowest BCUT2D eigenvalue weighted by atomic mass is 9.98. The Morgan fingerprint density at radius 3 is 2.26 bits per heavy atom. The van der Waals surface area contributed by atoms with Gasteiger partial charge in [0, 0.05) is 39.4 Å². The molecule has 2 aromatic heterocycles. The molecule has 13 nitrogen and oxygen atoms in total. The van der Waals surface area contributed by atoms with E-state index in [0.717, 1.165) is 68.8 Å². The summed E-state index contributed by atoms with van der Waals surface area (Å²) in [6, 6.07) is 27.7. The number of hydrogen-bond acceptors (Lipinski definition) is 11. The van der Waals surface area contributed by atoms with Crippen molar-refractivity contribution in [3.05, 3.63) is 107 Å². The van der Waals surface area contributed by atoms with E-state index >= 15 is 0 Å². The molecular weight excluding hydrogens is 729 g/mol. The molecule has 1 unspecified atom stereocenters. The Bertz CT molecular complexity index is 2470. The zero-order valence-electron chi connectivity index (χ0n) is 32.5. The molecule has 0 saturated carbocycles. The molecule has 0 amide bonds. The highest BCUT2D eigenvalue weighted by atomic mass is 16.8. The van der Waals surface area contributed by atoms with E-state index in [0.29, 0.717) is 17.7 Å². The summed E-state index contributed by atoms with van der Waals surface area (Å²) in [6.45, 7) is 7.79. The quantitative estimate of drug-likeness (QED) is 0.0743. The molecule has 5 atom stereocenters. The van der Waals surface area contributed by atoms with Crippen LogP contribution in [0.4, 0.5) is 4.79 Å². The van der Waals surface area contributed by atoms with E-state index in [1.165, 1.54) is 13.8 Å². The maximum absolute atomic E-state index is 13.4. The molecular formula is C44H44N4O9. The Kier molecular flexibility index (Phi) is 10.5. The van der Waals surface area contributed by atoms with Crippen molar-refractivity contribution in [2.75, 3.05) is 13.2 Å². The van der Waals surface area contributed by atoms with Gasteiger partial charge in [-0.05, 0) is 65.9 Å². The molecule has 4 heterocycles. The number of nitrogens with zero attached hydrogens (tertiary/aromatic N) is 4. The molecule has 2 aliphatic rings. The lowest BCUT2D eigenvalue weighted by Gasteiger charge is -2.19. The fourth-order valence-corrected chi connectivity index (χ4v) is 7.82. The number of aromatic nitrogens is 4. The molecule has 0 aliphatic carbocycles. The molecule has 294 valence electrons. The summed E-state index contributed by atoms with van der Waals surface area (Å²) in [5.41, 5.74) is 9.08. The van der Waals surface area contributed by atoms with Gasteiger partial charge in [-0.1, -0.05) is 61.5 Å². The third-order valence-electron chi connectivity index (χ3n) is 10.5. The van der Waals surface area contributed by atoms with Crippen LogP contribution in [0.3, 0.4) is 0 Å². The second-order valence-electron chi connectivity index (χ2n) is 14.5. The maximum Gasteiger partial charge on any atom is 0.511 e. The van der Waals surface area contributed by atoms with Gasteiger partial charge in [0.1, 0.15) is 23.9 Å². The van der Waals surface area contributed by atoms with E-state index in [1.807, 2.05) is 49.5 Å². The Labute approximate surface area is 329 Å². The van der Waals surface area contributed by atoms with E-state index in [2.05, 4.69) is 53.3 Å². The number of benzene rings is 4. The molecule has 0 bridgehead atoms. The van der Waals surface area contributed by atoms with E-state index < -0.39 is 48.8 Å². The van der Waals surface area contributed by atoms with Crippen molar-refractivity contribution >= 4 is 40.2 Å². The summed E-state index contributed by atoms with van der Waals surface area (Å²) in [5.74, 6) is 0.812. The van der Waals surface area contributed by atoms with Crippen LogP contribution in [0.5, 0.6) is 0 Å². The zero-order chi connectivity index (χ0) is 39.8. The third kappa shape index (κ3) is 7.60. The molecule has 0 N–H and O–H groups in total. The number of para-hydroxylation sites is 2. The highest BCUT2D eigenvalue weighted by Gasteiger charge is 2.51. The van der Waals surface area contributed by atoms with Crippen LogP contribution in [0.25, 0.3) is 44.6 Å². The van der Waals surface area contributed by atoms with Crippen LogP contribution in [0, 0.1) is 6.92 Å². The Balaban J connectivity index is 0.959. The van der Waals surface area contributed by atoms with Crippen LogP contribution in [-0.4, -0.2) is 81.1 Å². The first-order valence-electron chi connectivity index (χ1n) is 19.2. The second kappa shape index (κ2) is 15.8. The van der Waals surface area contributed by atoms with Crippen LogP contribution in [-0.2, 0) is 53.2 Å². The highest BCUT2D eigenvalue weighted by molar-refractivity contribution is 5.97. The number of fused-ring (bicyclic) bond motifs is 3. The molecule has 2 aliphatic heterocycles. The molecule has 57 heavy (non-hydrogen) atoms. The minimum atomic E-state index is -1.25. The van der Waals surface area contributed by atoms with Gasteiger partial charge >= 0.3 is 18.1 Å². The van der Waals surface area contributed by atoms with Gasteiger partial charge in [-0.2, -0.15) is 0 Å². The van der Waals surface area contributed by atoms with E-state index in [-0.39, 0.29) is 13.2 Å². The molecule has 8 rings (SSSR count). The van der Waals surface area contributed by atoms with E-state index in [1.54, 1.807) is 12.1 Å². The van der Waals surface area contributed by atoms with Crippen molar-refractivity contribution in [1.29, 1.82) is 0 Å². The summed E-state index contributed by atoms with van der Waals surface area (Å²) in [5, 5.41) is 0. The van der Waals surface area contributed by atoms with Gasteiger partial charge in [0.25, 0.3) is 0 Å². The van der Waals surface area contributed by atoms with Gasteiger partial charge in [-0.15, -0.1) is 0 Å². The van der Waals surface area contributed by atoms with Gasteiger partial charge in [-0.25, -0.2) is 19.6 Å². The maximum atomic E-state index is 13.4. The average Bonchev–Trinajstić information content (AvgIpc) is 3.96. The number of rotatable bonds is 11. The first-order chi connectivity index (χ1) is 27.6. The molecule has 2 saturated heterocycles. The molecule has 0 spiro atoms. The summed E-state index contributed by atoms with van der Waals surface area (Å²) < 4.78 is 37.2. The topological polar surface area (TPSA) is 142 Å². The van der Waals surface area contributed by atoms with Gasteiger partial charge in [0.15, 0.2) is 12.2 Å². The fraction of sp³-hybridized carbons (Fsp3) is 0.341. The lowest BCUT2D eigenvalue weighted by Crippen LogP contribution is -2.36. The zero-order valence-corrected chi connectivity index (χ0v) is 32.5. The summed E-state index contributed by atoms with van der Waals surface area (Å²) >= 11 is 0. The second-order valence-corrected chi connectivity index (χ2v) is 14.5. The van der Waals surface area contributed by atoms with Crippen LogP contribution in [0.1, 0.15) is 54.5 Å². The summed E-state index contributed by atoms with van der Waals surface area (Å²) in [4.78, 5) is 47.5. The van der Waals surface area contributed by atoms with Crippen molar-refractivity contribution in [3.63, 3.8) is 0 Å². The molecule has 13 heteroatoms. The number of carbonyl (C=O) groups excluding carboxylic acids is 3. The van der Waals surface area contributed by atoms with Crippen molar-refractivity contribution in [1.82, 2.24) is 19.1 Å². The van der Waals surface area contributed by atoms with Crippen molar-refractivity contribution in [2.24, 2.45) is 7.05 Å². The average molecular weight is 773 g/mol. The number of aryl methyl sites for hydroxylation is 3. The number of hydrogen-bond donors (Lipinski definition) is 0. The summed E-state index contributed by atoms with van der Waals surface area (Å²) in [7, 11) is 2.05. The third-order valence-corrected chi connectivity index (χ3v) is 10.5. The monoisotopic (exact) mass is 772 g/mol. The van der Waals surface area contributed by atoms with Crippen LogP contribution >= 0.6 is 0 Å². The number of carbonyl (C=O) groups is 3. The van der Waals surface area contributed by atoms with Crippen LogP contribution in [0.15, 0.2) is 84.9 Å². The Morgan fingerprint density at radius 1 is 0.842 bits per heavy atom. The fourth-order valence-electron chi connectivity index (χ4n) is 7.82. The number of esters is 2. The predicted molar refractivity (Wildman–Crippen MR) is 210 cm³/mol. The summed E-state index contributed by atoms with van der Waals surface area (Å²) in [6.07, 6.45) is -3.00. The van der Waals surface area contributed by atoms with E-state index in [4.69, 9.17) is 38.4 Å². The van der Waals surface area contributed by atoms with Crippen molar-refractivity contribution in [2.45, 2.75) is 77.8 Å². The standard InChI is InChI=1S/C44H44N4O9/c1-6-11-38-46-39-25(2)20-30(42-45-33-14-9-10-15-34(33)47(42)5)21-35(39)48(38)22-28-16-18-29(19-17-28)31-12-7-8-13-32(31)43(50)55-27(4)56-44(51)57-37-24-53-40-36(54-26(3)49)23-52-41(37)40/h7-10,12-21,27,36-37,40-41H,6,11,22-24H2,1-5H3/t27?,36-,37-,40-,41-/m1/s1. The van der Waals surface area contributed by atoms with Gasteiger partial charge in [-0.3, -0.25) is 4.79 Å². The van der Waals surface area contributed by atoms with Crippen LogP contribution in [0.2, 0.25) is 0 Å². The van der Waals surface area contributed by atoms with Gasteiger partial charge in [0.2, 0.25) is 6.29 Å². The first kappa shape index (κ1) is 37.9. The van der Waals surface area contributed by atoms with Crippen molar-refractivity contribution < 1.29 is 42.8 Å². The molecule has 6 aromatic rings.